The standard InChI is InChI=1S/C11H13N5O2/c1-5-6(2)16-7-8(12-10(16)14(5)3)15(4)11(18)13-9(7)17/h1-4H3,(H,13,17,18). The van der Waals surface area contributed by atoms with E-state index in [-0.39, 0.29) is 0 Å². The second-order valence-corrected chi connectivity index (χ2v) is 4.47. The van der Waals surface area contributed by atoms with Gasteiger partial charge in [0.05, 0.1) is 0 Å². The number of H-pyrrole nitrogens is 1. The molecule has 0 aliphatic carbocycles. The Hall–Kier alpha value is -2.31. The number of imidazole rings is 2. The summed E-state index contributed by atoms with van der Waals surface area (Å²) in [4.78, 5) is 30.2. The van der Waals surface area contributed by atoms with Crippen molar-refractivity contribution in [2.24, 2.45) is 14.1 Å². The summed E-state index contributed by atoms with van der Waals surface area (Å²) >= 11 is 0. The molecule has 7 nitrogen and oxygen atoms in total. The Balaban J connectivity index is 2.76. The molecule has 0 aromatic carbocycles. The maximum atomic E-state index is 12.0. The van der Waals surface area contributed by atoms with E-state index >= 15 is 0 Å². The highest BCUT2D eigenvalue weighted by atomic mass is 16.2. The van der Waals surface area contributed by atoms with Gasteiger partial charge in [-0.1, -0.05) is 0 Å². The number of rotatable bonds is 0. The summed E-state index contributed by atoms with van der Waals surface area (Å²) in [7, 11) is 3.48. The zero-order valence-corrected chi connectivity index (χ0v) is 10.6. The summed E-state index contributed by atoms with van der Waals surface area (Å²) in [5.41, 5.74) is 1.93. The molecule has 1 N–H and O–H groups in total. The summed E-state index contributed by atoms with van der Waals surface area (Å²) in [6, 6.07) is 0. The van der Waals surface area contributed by atoms with E-state index in [2.05, 4.69) is 9.97 Å². The van der Waals surface area contributed by atoms with Crippen LogP contribution in [-0.2, 0) is 14.1 Å². The van der Waals surface area contributed by atoms with Crippen LogP contribution in [0.5, 0.6) is 0 Å². The third-order valence-electron chi connectivity index (χ3n) is 3.56. The van der Waals surface area contributed by atoms with Crippen LogP contribution in [0.3, 0.4) is 0 Å². The van der Waals surface area contributed by atoms with Crippen LogP contribution in [-0.4, -0.2) is 23.5 Å². The second-order valence-electron chi connectivity index (χ2n) is 4.47. The molecular weight excluding hydrogens is 234 g/mol. The summed E-state index contributed by atoms with van der Waals surface area (Å²) in [5, 5.41) is 0. The van der Waals surface area contributed by atoms with Crippen molar-refractivity contribution < 1.29 is 0 Å². The molecule has 94 valence electrons. The molecule has 0 spiro atoms. The Bertz CT molecular complexity index is 906. The van der Waals surface area contributed by atoms with Crippen LogP contribution >= 0.6 is 0 Å². The summed E-state index contributed by atoms with van der Waals surface area (Å²) in [6.45, 7) is 3.89. The third kappa shape index (κ3) is 1.06. The summed E-state index contributed by atoms with van der Waals surface area (Å²) in [5.74, 6) is 0.659. The minimum atomic E-state index is -0.453. The minimum absolute atomic E-state index is 0.400. The first-order chi connectivity index (χ1) is 8.43. The molecule has 3 heterocycles. The van der Waals surface area contributed by atoms with Gasteiger partial charge in [-0.3, -0.25) is 18.7 Å². The van der Waals surface area contributed by atoms with Crippen LogP contribution in [0, 0.1) is 13.8 Å². The molecule has 0 saturated heterocycles. The lowest BCUT2D eigenvalue weighted by molar-refractivity contribution is 0.828. The fourth-order valence-electron chi connectivity index (χ4n) is 2.27. The molecule has 0 amide bonds. The van der Waals surface area contributed by atoms with Gasteiger partial charge in [-0.25, -0.2) is 4.79 Å². The van der Waals surface area contributed by atoms with Crippen LogP contribution in [0.4, 0.5) is 0 Å². The molecule has 0 saturated carbocycles. The topological polar surface area (TPSA) is 77.1 Å². The Labute approximate surface area is 101 Å². The van der Waals surface area contributed by atoms with Crippen molar-refractivity contribution in [2.75, 3.05) is 0 Å². The molecule has 3 rings (SSSR count). The largest absolute Gasteiger partial charge is 0.329 e. The molecule has 0 aliphatic heterocycles. The molecule has 7 heteroatoms. The SMILES string of the molecule is Cc1c(C)n2c3c(=O)[nH]c(=O)n(C)c3nc2n1C. The second kappa shape index (κ2) is 3.12. The van der Waals surface area contributed by atoms with Crippen molar-refractivity contribution in [3.05, 3.63) is 32.2 Å². The predicted octanol–water partition coefficient (Wildman–Crippen LogP) is -0.170. The number of aromatic nitrogens is 5. The van der Waals surface area contributed by atoms with Crippen LogP contribution in [0.2, 0.25) is 0 Å². The van der Waals surface area contributed by atoms with Gasteiger partial charge in [-0.05, 0) is 13.8 Å². The first-order valence-electron chi connectivity index (χ1n) is 5.57. The highest BCUT2D eigenvalue weighted by Crippen LogP contribution is 2.18. The zero-order valence-electron chi connectivity index (χ0n) is 10.6. The van der Waals surface area contributed by atoms with Gasteiger partial charge in [0, 0.05) is 25.5 Å². The average Bonchev–Trinajstić information content (AvgIpc) is 2.81. The van der Waals surface area contributed by atoms with Crippen LogP contribution in [0.1, 0.15) is 11.4 Å². The molecule has 0 unspecified atom stereocenters. The Morgan fingerprint density at radius 1 is 1.06 bits per heavy atom. The van der Waals surface area contributed by atoms with Gasteiger partial charge in [-0.2, -0.15) is 4.98 Å². The van der Waals surface area contributed by atoms with E-state index in [1.807, 2.05) is 25.5 Å². The van der Waals surface area contributed by atoms with Gasteiger partial charge >= 0.3 is 5.69 Å². The quantitative estimate of drug-likeness (QED) is 0.599. The molecule has 0 radical (unpaired) electrons. The maximum Gasteiger partial charge on any atom is 0.329 e. The normalized spacial score (nSPS) is 11.8. The van der Waals surface area contributed by atoms with Gasteiger partial charge in [0.15, 0.2) is 11.2 Å². The van der Waals surface area contributed by atoms with Crippen LogP contribution in [0.15, 0.2) is 9.59 Å². The average molecular weight is 247 g/mol. The summed E-state index contributed by atoms with van der Waals surface area (Å²) in [6.07, 6.45) is 0. The van der Waals surface area contributed by atoms with E-state index in [9.17, 15) is 9.59 Å². The smallest absolute Gasteiger partial charge is 0.317 e. The van der Waals surface area contributed by atoms with Crippen molar-refractivity contribution in [1.82, 2.24) is 23.5 Å². The number of nitrogens with zero attached hydrogens (tertiary/aromatic N) is 4. The number of nitrogens with one attached hydrogen (secondary N) is 1. The van der Waals surface area contributed by atoms with Crippen LogP contribution in [0.25, 0.3) is 16.9 Å². The highest BCUT2D eigenvalue weighted by Gasteiger charge is 2.18. The maximum absolute atomic E-state index is 12.0. The van der Waals surface area contributed by atoms with E-state index in [0.717, 1.165) is 11.4 Å². The zero-order chi connectivity index (χ0) is 13.2. The van der Waals surface area contributed by atoms with Crippen molar-refractivity contribution in [3.63, 3.8) is 0 Å². The van der Waals surface area contributed by atoms with E-state index in [1.165, 1.54) is 4.57 Å². The first-order valence-corrected chi connectivity index (χ1v) is 5.57. The number of hydrogen-bond acceptors (Lipinski definition) is 3. The lowest BCUT2D eigenvalue weighted by Crippen LogP contribution is -2.28. The van der Waals surface area contributed by atoms with Gasteiger partial charge in [0.2, 0.25) is 5.78 Å². The van der Waals surface area contributed by atoms with Gasteiger partial charge in [0.1, 0.15) is 0 Å². The van der Waals surface area contributed by atoms with E-state index in [4.69, 9.17) is 0 Å². The number of fused-ring (bicyclic) bond motifs is 3. The fourth-order valence-corrected chi connectivity index (χ4v) is 2.27. The predicted molar refractivity (Wildman–Crippen MR) is 67.0 cm³/mol. The van der Waals surface area contributed by atoms with Gasteiger partial charge in [-0.15, -0.1) is 0 Å². The monoisotopic (exact) mass is 247 g/mol. The van der Waals surface area contributed by atoms with E-state index < -0.39 is 11.2 Å². The molecule has 18 heavy (non-hydrogen) atoms. The van der Waals surface area contributed by atoms with E-state index in [0.29, 0.717) is 16.9 Å². The van der Waals surface area contributed by atoms with Crippen molar-refractivity contribution in [2.45, 2.75) is 13.8 Å². The summed E-state index contributed by atoms with van der Waals surface area (Å²) < 4.78 is 5.03. The Morgan fingerprint density at radius 2 is 1.72 bits per heavy atom. The molecule has 0 bridgehead atoms. The highest BCUT2D eigenvalue weighted by molar-refractivity contribution is 5.76. The molecule has 3 aromatic rings. The molecule has 3 aromatic heterocycles. The van der Waals surface area contributed by atoms with Gasteiger partial charge in [0.25, 0.3) is 5.56 Å². The number of aryl methyl sites for hydroxylation is 3. The fraction of sp³-hybridized carbons (Fsp3) is 0.364. The van der Waals surface area contributed by atoms with Gasteiger partial charge < -0.3 is 4.57 Å². The molecular formula is C11H13N5O2. The molecule has 0 fully saturated rings. The molecule has 0 atom stereocenters. The number of hydrogen-bond donors (Lipinski definition) is 1. The van der Waals surface area contributed by atoms with Crippen molar-refractivity contribution in [3.8, 4) is 0 Å². The Morgan fingerprint density at radius 3 is 2.39 bits per heavy atom. The van der Waals surface area contributed by atoms with E-state index in [1.54, 1.807) is 11.4 Å². The first kappa shape index (κ1) is 10.8. The number of aromatic amines is 1. The van der Waals surface area contributed by atoms with Crippen LogP contribution < -0.4 is 11.2 Å². The lowest BCUT2D eigenvalue weighted by atomic mass is 10.4. The molecule has 0 aliphatic rings. The third-order valence-corrected chi connectivity index (χ3v) is 3.56. The lowest BCUT2D eigenvalue weighted by Gasteiger charge is -1.99. The van der Waals surface area contributed by atoms with Crippen molar-refractivity contribution in [1.29, 1.82) is 0 Å². The minimum Gasteiger partial charge on any atom is -0.317 e. The van der Waals surface area contributed by atoms with Crippen molar-refractivity contribution >= 4 is 16.9 Å². The Kier molecular flexibility index (Phi) is 1.88.